The predicted molar refractivity (Wildman–Crippen MR) is 84.4 cm³/mol. The number of hydrogen-bond donors (Lipinski definition) is 0. The van der Waals surface area contributed by atoms with Crippen LogP contribution in [0.2, 0.25) is 0 Å². The van der Waals surface area contributed by atoms with Crippen LogP contribution in [-0.4, -0.2) is 32.4 Å². The Morgan fingerprint density at radius 3 is 2.50 bits per heavy atom. The standard InChI is InChI=1S/C18H26O4/c1-3-22-17(19)18(11-9-16(20-2)10-12-18)14-21-13-15-7-5-4-6-8-15/h4-8,16H,3,9-14H2,1-2H3. The van der Waals surface area contributed by atoms with Crippen molar-refractivity contribution in [1.29, 1.82) is 0 Å². The minimum absolute atomic E-state index is 0.127. The average Bonchev–Trinajstić information content (AvgIpc) is 2.56. The van der Waals surface area contributed by atoms with Crippen LogP contribution < -0.4 is 0 Å². The van der Waals surface area contributed by atoms with Crippen molar-refractivity contribution >= 4 is 5.97 Å². The number of methoxy groups -OCH3 is 1. The van der Waals surface area contributed by atoms with E-state index in [1.54, 1.807) is 7.11 Å². The Morgan fingerprint density at radius 1 is 1.23 bits per heavy atom. The maximum absolute atomic E-state index is 12.4. The van der Waals surface area contributed by atoms with E-state index in [0.29, 0.717) is 19.8 Å². The van der Waals surface area contributed by atoms with Crippen LogP contribution in [0.15, 0.2) is 30.3 Å². The van der Waals surface area contributed by atoms with Crippen LogP contribution in [0.3, 0.4) is 0 Å². The topological polar surface area (TPSA) is 44.8 Å². The zero-order valence-electron chi connectivity index (χ0n) is 13.5. The second-order valence-corrected chi connectivity index (χ2v) is 5.91. The first-order valence-corrected chi connectivity index (χ1v) is 8.02. The molecule has 0 heterocycles. The fourth-order valence-electron chi connectivity index (χ4n) is 3.01. The lowest BCUT2D eigenvalue weighted by molar-refractivity contribution is -0.164. The van der Waals surface area contributed by atoms with Gasteiger partial charge in [-0.15, -0.1) is 0 Å². The number of hydrogen-bond acceptors (Lipinski definition) is 4. The third-order valence-corrected chi connectivity index (χ3v) is 4.42. The van der Waals surface area contributed by atoms with Crippen molar-refractivity contribution in [2.24, 2.45) is 5.41 Å². The first-order chi connectivity index (χ1) is 10.7. The SMILES string of the molecule is CCOC(=O)C1(COCc2ccccc2)CCC(OC)CC1. The monoisotopic (exact) mass is 306 g/mol. The molecule has 1 aromatic rings. The van der Waals surface area contributed by atoms with Crippen molar-refractivity contribution in [3.63, 3.8) is 0 Å². The Kier molecular flexibility index (Phi) is 6.40. The van der Waals surface area contributed by atoms with Crippen LogP contribution in [0.4, 0.5) is 0 Å². The Labute approximate surface area is 132 Å². The molecule has 0 spiro atoms. The molecule has 122 valence electrons. The van der Waals surface area contributed by atoms with E-state index >= 15 is 0 Å². The van der Waals surface area contributed by atoms with Gasteiger partial charge in [-0.1, -0.05) is 30.3 Å². The molecule has 1 aliphatic carbocycles. The van der Waals surface area contributed by atoms with Gasteiger partial charge in [0.25, 0.3) is 0 Å². The molecule has 1 saturated carbocycles. The third-order valence-electron chi connectivity index (χ3n) is 4.42. The van der Waals surface area contributed by atoms with E-state index in [0.717, 1.165) is 31.2 Å². The van der Waals surface area contributed by atoms with Crippen LogP contribution in [0.5, 0.6) is 0 Å². The molecule has 0 saturated heterocycles. The predicted octanol–water partition coefficient (Wildman–Crippen LogP) is 3.34. The van der Waals surface area contributed by atoms with Gasteiger partial charge in [0, 0.05) is 7.11 Å². The zero-order valence-corrected chi connectivity index (χ0v) is 13.5. The number of carbonyl (C=O) groups is 1. The van der Waals surface area contributed by atoms with Crippen LogP contribution in [0.25, 0.3) is 0 Å². The first-order valence-electron chi connectivity index (χ1n) is 8.02. The van der Waals surface area contributed by atoms with Gasteiger partial charge in [-0.25, -0.2) is 0 Å². The molecule has 0 radical (unpaired) electrons. The van der Waals surface area contributed by atoms with Crippen molar-refractivity contribution in [2.45, 2.75) is 45.3 Å². The molecule has 0 atom stereocenters. The van der Waals surface area contributed by atoms with Gasteiger partial charge in [0.05, 0.1) is 31.3 Å². The maximum Gasteiger partial charge on any atom is 0.314 e. The quantitative estimate of drug-likeness (QED) is 0.725. The van der Waals surface area contributed by atoms with E-state index in [1.165, 1.54) is 0 Å². The third kappa shape index (κ3) is 4.31. The van der Waals surface area contributed by atoms with Crippen molar-refractivity contribution in [3.05, 3.63) is 35.9 Å². The zero-order chi connectivity index (χ0) is 15.8. The summed E-state index contributed by atoms with van der Waals surface area (Å²) >= 11 is 0. The average molecular weight is 306 g/mol. The highest BCUT2D eigenvalue weighted by Gasteiger charge is 2.43. The van der Waals surface area contributed by atoms with Crippen molar-refractivity contribution in [2.75, 3.05) is 20.3 Å². The first kappa shape index (κ1) is 17.0. The van der Waals surface area contributed by atoms with Gasteiger partial charge in [-0.3, -0.25) is 4.79 Å². The Hall–Kier alpha value is -1.39. The molecule has 1 aromatic carbocycles. The van der Waals surface area contributed by atoms with Crippen LogP contribution in [0, 0.1) is 5.41 Å². The second kappa shape index (κ2) is 8.30. The molecule has 2 rings (SSSR count). The van der Waals surface area contributed by atoms with Gasteiger partial charge in [0.1, 0.15) is 0 Å². The summed E-state index contributed by atoms with van der Waals surface area (Å²) in [5.41, 5.74) is 0.604. The van der Waals surface area contributed by atoms with E-state index in [1.807, 2.05) is 37.3 Å². The van der Waals surface area contributed by atoms with Gasteiger partial charge in [-0.05, 0) is 38.2 Å². The maximum atomic E-state index is 12.4. The van der Waals surface area contributed by atoms with Crippen LogP contribution >= 0.6 is 0 Å². The highest BCUT2D eigenvalue weighted by molar-refractivity contribution is 5.77. The van der Waals surface area contributed by atoms with Gasteiger partial charge in [-0.2, -0.15) is 0 Å². The summed E-state index contributed by atoms with van der Waals surface area (Å²) in [5, 5.41) is 0. The smallest absolute Gasteiger partial charge is 0.314 e. The number of esters is 1. The number of benzene rings is 1. The van der Waals surface area contributed by atoms with E-state index < -0.39 is 5.41 Å². The number of rotatable bonds is 7. The van der Waals surface area contributed by atoms with Gasteiger partial charge >= 0.3 is 5.97 Å². The lowest BCUT2D eigenvalue weighted by Gasteiger charge is -2.37. The minimum atomic E-state index is -0.514. The second-order valence-electron chi connectivity index (χ2n) is 5.91. The summed E-state index contributed by atoms with van der Waals surface area (Å²) < 4.78 is 16.6. The largest absolute Gasteiger partial charge is 0.465 e. The molecular formula is C18H26O4. The Morgan fingerprint density at radius 2 is 1.91 bits per heavy atom. The highest BCUT2D eigenvalue weighted by Crippen LogP contribution is 2.39. The summed E-state index contributed by atoms with van der Waals surface area (Å²) in [4.78, 5) is 12.4. The lowest BCUT2D eigenvalue weighted by atomic mass is 9.73. The summed E-state index contributed by atoms with van der Waals surface area (Å²) in [6.07, 6.45) is 3.53. The number of carbonyl (C=O) groups excluding carboxylic acids is 1. The molecule has 0 bridgehead atoms. The van der Waals surface area contributed by atoms with Crippen molar-refractivity contribution in [3.8, 4) is 0 Å². The number of ether oxygens (including phenoxy) is 3. The van der Waals surface area contributed by atoms with Gasteiger partial charge in [0.15, 0.2) is 0 Å². The summed E-state index contributed by atoms with van der Waals surface area (Å²) in [6, 6.07) is 10.0. The van der Waals surface area contributed by atoms with E-state index in [2.05, 4.69) is 0 Å². The summed E-state index contributed by atoms with van der Waals surface area (Å²) in [6.45, 7) is 3.19. The summed E-state index contributed by atoms with van der Waals surface area (Å²) in [7, 11) is 1.73. The molecule has 4 nitrogen and oxygen atoms in total. The lowest BCUT2D eigenvalue weighted by Crippen LogP contribution is -2.42. The minimum Gasteiger partial charge on any atom is -0.465 e. The molecule has 0 aliphatic heterocycles. The van der Waals surface area contributed by atoms with Crippen LogP contribution in [0.1, 0.15) is 38.2 Å². The van der Waals surface area contributed by atoms with Crippen molar-refractivity contribution in [1.82, 2.24) is 0 Å². The molecule has 1 fully saturated rings. The summed E-state index contributed by atoms with van der Waals surface area (Å²) in [5.74, 6) is -0.127. The Balaban J connectivity index is 1.94. The molecule has 0 N–H and O–H groups in total. The molecule has 22 heavy (non-hydrogen) atoms. The normalized spacial score (nSPS) is 24.9. The fourth-order valence-corrected chi connectivity index (χ4v) is 3.01. The van der Waals surface area contributed by atoms with Gasteiger partial charge < -0.3 is 14.2 Å². The fraction of sp³-hybridized carbons (Fsp3) is 0.611. The molecule has 4 heteroatoms. The van der Waals surface area contributed by atoms with E-state index in [4.69, 9.17) is 14.2 Å². The van der Waals surface area contributed by atoms with Gasteiger partial charge in [0.2, 0.25) is 0 Å². The molecule has 0 amide bonds. The molecule has 1 aliphatic rings. The van der Waals surface area contributed by atoms with Crippen molar-refractivity contribution < 1.29 is 19.0 Å². The van der Waals surface area contributed by atoms with E-state index in [-0.39, 0.29) is 12.1 Å². The van der Waals surface area contributed by atoms with Crippen LogP contribution in [-0.2, 0) is 25.6 Å². The Bertz CT molecular complexity index is 449. The highest BCUT2D eigenvalue weighted by atomic mass is 16.5. The van der Waals surface area contributed by atoms with E-state index in [9.17, 15) is 4.79 Å². The molecule has 0 aromatic heterocycles. The molecule has 0 unspecified atom stereocenters. The molecular weight excluding hydrogens is 280 g/mol.